The molecule has 0 saturated carbocycles. The van der Waals surface area contributed by atoms with Crippen molar-refractivity contribution in [3.05, 3.63) is 72.4 Å². The molecule has 0 atom stereocenters. The van der Waals surface area contributed by atoms with Crippen molar-refractivity contribution in [1.82, 2.24) is 14.7 Å². The Bertz CT molecular complexity index is 988. The van der Waals surface area contributed by atoms with Gasteiger partial charge in [-0.1, -0.05) is 18.2 Å². The highest BCUT2D eigenvalue weighted by Gasteiger charge is 2.15. The standard InChI is InChI=1S/C23H23N3O3/c1-28-21-10-7-18(8-11-21)23-19(9-12-22(27)25-13-15-29-16-14-25)17-26(24-23)20-5-3-2-4-6-20/h2-12,17H,13-16H2,1H3/b12-9-. The van der Waals surface area contributed by atoms with Crippen molar-refractivity contribution < 1.29 is 14.3 Å². The maximum atomic E-state index is 12.5. The van der Waals surface area contributed by atoms with Crippen LogP contribution in [0.1, 0.15) is 5.56 Å². The van der Waals surface area contributed by atoms with Gasteiger partial charge in [0.2, 0.25) is 5.91 Å². The minimum atomic E-state index is -0.0126. The molecule has 0 spiro atoms. The Labute approximate surface area is 170 Å². The summed E-state index contributed by atoms with van der Waals surface area (Å²) in [7, 11) is 1.64. The van der Waals surface area contributed by atoms with Gasteiger partial charge in [-0.2, -0.15) is 5.10 Å². The molecule has 2 aromatic carbocycles. The summed E-state index contributed by atoms with van der Waals surface area (Å²) < 4.78 is 12.4. The van der Waals surface area contributed by atoms with Gasteiger partial charge in [0.15, 0.2) is 0 Å². The third-order valence-corrected chi connectivity index (χ3v) is 4.85. The number of ether oxygens (including phenoxy) is 2. The van der Waals surface area contributed by atoms with Gasteiger partial charge in [0, 0.05) is 36.5 Å². The van der Waals surface area contributed by atoms with E-state index in [0.717, 1.165) is 28.3 Å². The summed E-state index contributed by atoms with van der Waals surface area (Å²) in [5.74, 6) is 0.775. The van der Waals surface area contributed by atoms with Crippen LogP contribution in [0.4, 0.5) is 0 Å². The van der Waals surface area contributed by atoms with E-state index in [4.69, 9.17) is 14.6 Å². The lowest BCUT2D eigenvalue weighted by Gasteiger charge is -2.25. The van der Waals surface area contributed by atoms with Gasteiger partial charge in [0.25, 0.3) is 0 Å². The molecule has 6 nitrogen and oxygen atoms in total. The number of hydrogen-bond donors (Lipinski definition) is 0. The lowest BCUT2D eigenvalue weighted by atomic mass is 10.1. The van der Waals surface area contributed by atoms with E-state index in [1.165, 1.54) is 0 Å². The molecule has 1 saturated heterocycles. The zero-order valence-corrected chi connectivity index (χ0v) is 16.3. The number of carbonyl (C=O) groups excluding carboxylic acids is 1. The molecule has 1 aliphatic rings. The van der Waals surface area contributed by atoms with E-state index in [-0.39, 0.29) is 5.91 Å². The summed E-state index contributed by atoms with van der Waals surface area (Å²) in [4.78, 5) is 14.3. The van der Waals surface area contributed by atoms with Crippen molar-refractivity contribution in [2.24, 2.45) is 0 Å². The minimum absolute atomic E-state index is 0.0126. The van der Waals surface area contributed by atoms with E-state index >= 15 is 0 Å². The summed E-state index contributed by atoms with van der Waals surface area (Å²) in [5, 5.41) is 4.78. The number of para-hydroxylation sites is 1. The molecule has 2 heterocycles. The third kappa shape index (κ3) is 4.38. The van der Waals surface area contributed by atoms with Crippen LogP contribution in [0, 0.1) is 0 Å². The molecular formula is C23H23N3O3. The molecule has 148 valence electrons. The van der Waals surface area contributed by atoms with Crippen LogP contribution >= 0.6 is 0 Å². The van der Waals surface area contributed by atoms with Gasteiger partial charge in [0.1, 0.15) is 5.75 Å². The van der Waals surface area contributed by atoms with E-state index < -0.39 is 0 Å². The topological polar surface area (TPSA) is 56.6 Å². The molecule has 0 unspecified atom stereocenters. The van der Waals surface area contributed by atoms with Gasteiger partial charge in [-0.25, -0.2) is 4.68 Å². The van der Waals surface area contributed by atoms with Crippen LogP contribution in [0.2, 0.25) is 0 Å². The summed E-state index contributed by atoms with van der Waals surface area (Å²) in [6.07, 6.45) is 5.40. The second-order valence-electron chi connectivity index (χ2n) is 6.71. The van der Waals surface area contributed by atoms with Gasteiger partial charge in [-0.3, -0.25) is 4.79 Å². The number of nitrogens with zero attached hydrogens (tertiary/aromatic N) is 3. The van der Waals surface area contributed by atoms with Crippen LogP contribution in [0.3, 0.4) is 0 Å². The number of carbonyl (C=O) groups is 1. The van der Waals surface area contributed by atoms with Gasteiger partial charge in [-0.15, -0.1) is 0 Å². The summed E-state index contributed by atoms with van der Waals surface area (Å²) in [6, 6.07) is 17.7. The number of benzene rings is 2. The molecule has 29 heavy (non-hydrogen) atoms. The molecule has 0 radical (unpaired) electrons. The Balaban J connectivity index is 1.67. The van der Waals surface area contributed by atoms with Crippen LogP contribution < -0.4 is 4.74 Å². The van der Waals surface area contributed by atoms with Gasteiger partial charge >= 0.3 is 0 Å². The lowest BCUT2D eigenvalue weighted by Crippen LogP contribution is -2.39. The van der Waals surface area contributed by atoms with Gasteiger partial charge in [-0.05, 0) is 42.5 Å². The summed E-state index contributed by atoms with van der Waals surface area (Å²) >= 11 is 0. The second kappa shape index (κ2) is 8.75. The number of aromatic nitrogens is 2. The maximum Gasteiger partial charge on any atom is 0.246 e. The fraction of sp³-hybridized carbons (Fsp3) is 0.217. The Morgan fingerprint density at radius 3 is 2.48 bits per heavy atom. The summed E-state index contributed by atoms with van der Waals surface area (Å²) in [5.41, 5.74) is 3.60. The highest BCUT2D eigenvalue weighted by molar-refractivity contribution is 5.93. The van der Waals surface area contributed by atoms with Crippen molar-refractivity contribution in [1.29, 1.82) is 0 Å². The van der Waals surface area contributed by atoms with E-state index in [9.17, 15) is 4.79 Å². The van der Waals surface area contributed by atoms with E-state index in [2.05, 4.69) is 0 Å². The average molecular weight is 389 g/mol. The molecular weight excluding hydrogens is 366 g/mol. The quantitative estimate of drug-likeness (QED) is 0.628. The first-order valence-corrected chi connectivity index (χ1v) is 9.59. The van der Waals surface area contributed by atoms with Crippen LogP contribution in [-0.4, -0.2) is 54.0 Å². The number of methoxy groups -OCH3 is 1. The third-order valence-electron chi connectivity index (χ3n) is 4.85. The monoisotopic (exact) mass is 389 g/mol. The molecule has 0 bridgehead atoms. The van der Waals surface area contributed by atoms with Gasteiger partial charge < -0.3 is 14.4 Å². The highest BCUT2D eigenvalue weighted by atomic mass is 16.5. The van der Waals surface area contributed by atoms with Crippen molar-refractivity contribution in [3.63, 3.8) is 0 Å². The fourth-order valence-corrected chi connectivity index (χ4v) is 3.25. The normalized spacial score (nSPS) is 14.3. The first-order chi connectivity index (χ1) is 14.2. The summed E-state index contributed by atoms with van der Waals surface area (Å²) in [6.45, 7) is 2.42. The first-order valence-electron chi connectivity index (χ1n) is 9.59. The SMILES string of the molecule is COc1ccc(-c2nn(-c3ccccc3)cc2/C=C\C(=O)N2CCOCC2)cc1. The molecule has 1 aliphatic heterocycles. The highest BCUT2D eigenvalue weighted by Crippen LogP contribution is 2.26. The van der Waals surface area contributed by atoms with E-state index in [1.54, 1.807) is 18.1 Å². The molecule has 1 aromatic heterocycles. The zero-order valence-electron chi connectivity index (χ0n) is 16.3. The Hall–Kier alpha value is -3.38. The predicted octanol–water partition coefficient (Wildman–Crippen LogP) is 3.42. The zero-order chi connectivity index (χ0) is 20.1. The molecule has 4 rings (SSSR count). The van der Waals surface area contributed by atoms with Crippen LogP contribution in [0.25, 0.3) is 23.0 Å². The Morgan fingerprint density at radius 2 is 1.79 bits per heavy atom. The average Bonchev–Trinajstić information content (AvgIpc) is 3.23. The smallest absolute Gasteiger partial charge is 0.246 e. The first kappa shape index (κ1) is 19.0. The van der Waals surface area contributed by atoms with Crippen molar-refractivity contribution in [2.45, 2.75) is 0 Å². The second-order valence-corrected chi connectivity index (χ2v) is 6.71. The lowest BCUT2D eigenvalue weighted by molar-refractivity contribution is -0.129. The predicted molar refractivity (Wildman–Crippen MR) is 112 cm³/mol. The van der Waals surface area contributed by atoms with Crippen molar-refractivity contribution in [3.8, 4) is 22.7 Å². The Morgan fingerprint density at radius 1 is 1.07 bits per heavy atom. The number of amides is 1. The molecule has 1 fully saturated rings. The van der Waals surface area contributed by atoms with E-state index in [0.29, 0.717) is 26.3 Å². The van der Waals surface area contributed by atoms with E-state index in [1.807, 2.05) is 71.6 Å². The number of morpholine rings is 1. The molecule has 0 aliphatic carbocycles. The number of hydrogen-bond acceptors (Lipinski definition) is 4. The largest absolute Gasteiger partial charge is 0.497 e. The fourth-order valence-electron chi connectivity index (χ4n) is 3.25. The number of rotatable bonds is 5. The van der Waals surface area contributed by atoms with Gasteiger partial charge in [0.05, 0.1) is 31.7 Å². The molecule has 1 amide bonds. The molecule has 0 N–H and O–H groups in total. The van der Waals surface area contributed by atoms with Crippen LogP contribution in [0.5, 0.6) is 5.75 Å². The van der Waals surface area contributed by atoms with Crippen LogP contribution in [0.15, 0.2) is 66.9 Å². The molecule has 3 aromatic rings. The Kier molecular flexibility index (Phi) is 5.72. The van der Waals surface area contributed by atoms with Crippen molar-refractivity contribution in [2.75, 3.05) is 33.4 Å². The molecule has 6 heteroatoms. The van der Waals surface area contributed by atoms with Crippen LogP contribution in [-0.2, 0) is 9.53 Å². The minimum Gasteiger partial charge on any atom is -0.497 e. The van der Waals surface area contributed by atoms with Crippen molar-refractivity contribution >= 4 is 12.0 Å². The maximum absolute atomic E-state index is 12.5.